The zero-order valence-electron chi connectivity index (χ0n) is 13.9. The summed E-state index contributed by atoms with van der Waals surface area (Å²) in [4.78, 5) is 12.3. The van der Waals surface area contributed by atoms with Crippen molar-refractivity contribution < 1.29 is 0 Å². The highest BCUT2D eigenvalue weighted by molar-refractivity contribution is 5.95. The Morgan fingerprint density at radius 2 is 2.21 bits per heavy atom. The van der Waals surface area contributed by atoms with Gasteiger partial charge in [-0.15, -0.1) is 5.10 Å². The van der Waals surface area contributed by atoms with Gasteiger partial charge in [0.25, 0.3) is 0 Å². The van der Waals surface area contributed by atoms with E-state index in [0.717, 1.165) is 39.6 Å². The van der Waals surface area contributed by atoms with Crippen molar-refractivity contribution >= 4 is 28.0 Å². The van der Waals surface area contributed by atoms with Gasteiger partial charge < -0.3 is 10.3 Å². The number of benzene rings is 1. The lowest BCUT2D eigenvalue weighted by atomic mass is 10.1. The second-order valence-electron chi connectivity index (χ2n) is 6.03. The molecule has 0 bridgehead atoms. The molecule has 0 spiro atoms. The molecule has 2 N–H and O–H groups in total. The SMILES string of the molecule is CC[C@H](C)Nc1ncc2c(-c3ccc4nnn(C)c4c3)c[nH]c2n1. The van der Waals surface area contributed by atoms with E-state index in [0.29, 0.717) is 12.0 Å². The lowest BCUT2D eigenvalue weighted by Crippen LogP contribution is -2.15. The largest absolute Gasteiger partial charge is 0.352 e. The summed E-state index contributed by atoms with van der Waals surface area (Å²) in [7, 11) is 1.89. The predicted molar refractivity (Wildman–Crippen MR) is 94.8 cm³/mol. The highest BCUT2D eigenvalue weighted by Gasteiger charge is 2.11. The standard InChI is InChI=1S/C17H19N7/c1-4-10(2)20-17-19-9-13-12(8-18-16(13)21-17)11-5-6-14-15(7-11)24(3)23-22-14/h5-10H,4H2,1-3H3,(H2,18,19,20,21)/t10-/m0/s1. The van der Waals surface area contributed by atoms with Crippen molar-refractivity contribution in [2.24, 2.45) is 7.05 Å². The molecule has 0 aliphatic heterocycles. The Bertz CT molecular complexity index is 1010. The number of rotatable bonds is 4. The molecular weight excluding hydrogens is 302 g/mol. The fourth-order valence-corrected chi connectivity index (χ4v) is 2.74. The molecule has 0 aliphatic rings. The van der Waals surface area contributed by atoms with Crippen LogP contribution in [0.2, 0.25) is 0 Å². The summed E-state index contributed by atoms with van der Waals surface area (Å²) in [5.74, 6) is 0.650. The maximum absolute atomic E-state index is 4.57. The molecule has 0 saturated carbocycles. The molecule has 24 heavy (non-hydrogen) atoms. The molecule has 4 rings (SSSR count). The molecule has 4 aromatic rings. The van der Waals surface area contributed by atoms with Crippen LogP contribution in [0.1, 0.15) is 20.3 Å². The zero-order chi connectivity index (χ0) is 16.7. The number of aryl methyl sites for hydroxylation is 1. The minimum absolute atomic E-state index is 0.344. The first kappa shape index (κ1) is 14.6. The first-order chi connectivity index (χ1) is 11.7. The molecule has 0 radical (unpaired) electrons. The monoisotopic (exact) mass is 321 g/mol. The Morgan fingerprint density at radius 3 is 3.04 bits per heavy atom. The molecule has 1 aromatic carbocycles. The van der Waals surface area contributed by atoms with Gasteiger partial charge in [0.15, 0.2) is 0 Å². The molecule has 3 heterocycles. The fraction of sp³-hybridized carbons (Fsp3) is 0.294. The average Bonchev–Trinajstić information content (AvgIpc) is 3.18. The van der Waals surface area contributed by atoms with E-state index in [1.165, 1.54) is 0 Å². The van der Waals surface area contributed by atoms with Crippen LogP contribution < -0.4 is 5.32 Å². The molecule has 122 valence electrons. The number of hydrogen-bond acceptors (Lipinski definition) is 5. The van der Waals surface area contributed by atoms with Gasteiger partial charge in [-0.1, -0.05) is 18.2 Å². The van der Waals surface area contributed by atoms with E-state index in [2.05, 4.69) is 50.5 Å². The molecule has 1 atom stereocenters. The minimum Gasteiger partial charge on any atom is -0.352 e. The summed E-state index contributed by atoms with van der Waals surface area (Å²) in [5, 5.41) is 12.5. The van der Waals surface area contributed by atoms with Gasteiger partial charge in [-0.25, -0.2) is 9.67 Å². The van der Waals surface area contributed by atoms with E-state index in [4.69, 9.17) is 0 Å². The van der Waals surface area contributed by atoms with Gasteiger partial charge in [-0.3, -0.25) is 0 Å². The second-order valence-corrected chi connectivity index (χ2v) is 6.03. The van der Waals surface area contributed by atoms with Crippen molar-refractivity contribution in [2.75, 3.05) is 5.32 Å². The van der Waals surface area contributed by atoms with Crippen LogP contribution in [0.4, 0.5) is 5.95 Å². The van der Waals surface area contributed by atoms with Crippen LogP contribution in [-0.4, -0.2) is 36.0 Å². The number of fused-ring (bicyclic) bond motifs is 2. The van der Waals surface area contributed by atoms with Crippen molar-refractivity contribution in [1.82, 2.24) is 29.9 Å². The summed E-state index contributed by atoms with van der Waals surface area (Å²) in [6, 6.07) is 6.46. The van der Waals surface area contributed by atoms with Gasteiger partial charge in [0, 0.05) is 36.4 Å². The number of hydrogen-bond donors (Lipinski definition) is 2. The first-order valence-electron chi connectivity index (χ1n) is 8.06. The lowest BCUT2D eigenvalue weighted by Gasteiger charge is -2.10. The van der Waals surface area contributed by atoms with Gasteiger partial charge in [0.1, 0.15) is 11.2 Å². The number of anilines is 1. The van der Waals surface area contributed by atoms with Gasteiger partial charge in [0.05, 0.1) is 5.52 Å². The van der Waals surface area contributed by atoms with E-state index >= 15 is 0 Å². The van der Waals surface area contributed by atoms with Crippen LogP contribution >= 0.6 is 0 Å². The Hall–Kier alpha value is -2.96. The Balaban J connectivity index is 1.77. The van der Waals surface area contributed by atoms with Crippen molar-refractivity contribution in [3.8, 4) is 11.1 Å². The maximum atomic E-state index is 4.57. The van der Waals surface area contributed by atoms with Gasteiger partial charge in [0.2, 0.25) is 5.95 Å². The maximum Gasteiger partial charge on any atom is 0.224 e. The number of H-pyrrole nitrogens is 1. The molecule has 0 amide bonds. The Labute approximate surface area is 139 Å². The average molecular weight is 321 g/mol. The lowest BCUT2D eigenvalue weighted by molar-refractivity contribution is 0.736. The highest BCUT2D eigenvalue weighted by atomic mass is 15.4. The van der Waals surface area contributed by atoms with Crippen molar-refractivity contribution in [3.63, 3.8) is 0 Å². The third-order valence-electron chi connectivity index (χ3n) is 4.34. The number of aromatic nitrogens is 6. The van der Waals surface area contributed by atoms with Crippen LogP contribution in [0, 0.1) is 0 Å². The highest BCUT2D eigenvalue weighted by Crippen LogP contribution is 2.29. The van der Waals surface area contributed by atoms with E-state index in [1.807, 2.05) is 31.6 Å². The number of aromatic amines is 1. The minimum atomic E-state index is 0.344. The van der Waals surface area contributed by atoms with E-state index in [-0.39, 0.29) is 0 Å². The fourth-order valence-electron chi connectivity index (χ4n) is 2.74. The van der Waals surface area contributed by atoms with Crippen molar-refractivity contribution in [3.05, 3.63) is 30.6 Å². The van der Waals surface area contributed by atoms with Gasteiger partial charge >= 0.3 is 0 Å². The first-order valence-corrected chi connectivity index (χ1v) is 8.06. The number of nitrogens with one attached hydrogen (secondary N) is 2. The predicted octanol–water partition coefficient (Wildman–Crippen LogP) is 3.12. The summed E-state index contributed by atoms with van der Waals surface area (Å²) in [6.07, 6.45) is 4.86. The normalized spacial score (nSPS) is 12.8. The van der Waals surface area contributed by atoms with E-state index in [1.54, 1.807) is 4.68 Å². The van der Waals surface area contributed by atoms with Crippen LogP contribution in [0.5, 0.6) is 0 Å². The van der Waals surface area contributed by atoms with Crippen molar-refractivity contribution in [2.45, 2.75) is 26.3 Å². The summed E-state index contributed by atoms with van der Waals surface area (Å²) < 4.78 is 1.78. The van der Waals surface area contributed by atoms with Crippen LogP contribution in [0.3, 0.4) is 0 Å². The third kappa shape index (κ3) is 2.38. The van der Waals surface area contributed by atoms with E-state index in [9.17, 15) is 0 Å². The molecule has 7 nitrogen and oxygen atoms in total. The summed E-state index contributed by atoms with van der Waals surface area (Å²) >= 11 is 0. The van der Waals surface area contributed by atoms with Crippen LogP contribution in [-0.2, 0) is 7.05 Å². The molecule has 7 heteroatoms. The second kappa shape index (κ2) is 5.59. The molecule has 0 saturated heterocycles. The van der Waals surface area contributed by atoms with Crippen LogP contribution in [0.15, 0.2) is 30.6 Å². The molecule has 0 unspecified atom stereocenters. The quantitative estimate of drug-likeness (QED) is 0.603. The van der Waals surface area contributed by atoms with Crippen LogP contribution in [0.25, 0.3) is 33.2 Å². The smallest absolute Gasteiger partial charge is 0.224 e. The third-order valence-corrected chi connectivity index (χ3v) is 4.34. The zero-order valence-corrected chi connectivity index (χ0v) is 13.9. The number of nitrogens with zero attached hydrogens (tertiary/aromatic N) is 5. The van der Waals surface area contributed by atoms with Crippen molar-refractivity contribution in [1.29, 1.82) is 0 Å². The Kier molecular flexibility index (Phi) is 3.41. The Morgan fingerprint density at radius 1 is 1.33 bits per heavy atom. The van der Waals surface area contributed by atoms with Gasteiger partial charge in [-0.2, -0.15) is 4.98 Å². The van der Waals surface area contributed by atoms with Gasteiger partial charge in [-0.05, 0) is 31.0 Å². The summed E-state index contributed by atoms with van der Waals surface area (Å²) in [6.45, 7) is 4.25. The molecular formula is C17H19N7. The molecule has 0 fully saturated rings. The van der Waals surface area contributed by atoms with E-state index < -0.39 is 0 Å². The molecule has 3 aromatic heterocycles. The topological polar surface area (TPSA) is 84.3 Å². The summed E-state index contributed by atoms with van der Waals surface area (Å²) in [5.41, 5.74) is 4.87. The molecule has 0 aliphatic carbocycles.